The van der Waals surface area contributed by atoms with Gasteiger partial charge in [-0.25, -0.2) is 9.37 Å². The van der Waals surface area contributed by atoms with Gasteiger partial charge >= 0.3 is 5.97 Å². The number of hydrogen-bond acceptors (Lipinski definition) is 4. The normalized spacial score (nSPS) is 21.9. The van der Waals surface area contributed by atoms with E-state index in [1.807, 2.05) is 39.0 Å². The number of halogens is 2. The Morgan fingerprint density at radius 2 is 1.87 bits per heavy atom. The van der Waals surface area contributed by atoms with Gasteiger partial charge in [0, 0.05) is 12.1 Å². The van der Waals surface area contributed by atoms with Crippen molar-refractivity contribution in [1.29, 1.82) is 0 Å². The first kappa shape index (κ1) is 22.7. The Balaban J connectivity index is 1.77. The zero-order valence-corrected chi connectivity index (χ0v) is 19.6. The largest absolute Gasteiger partial charge is 0.487 e. The van der Waals surface area contributed by atoms with Gasteiger partial charge in [0.1, 0.15) is 10.2 Å². The van der Waals surface area contributed by atoms with Crippen molar-refractivity contribution >= 4 is 21.9 Å². The Kier molecular flexibility index (Phi) is 6.85. The highest BCUT2D eigenvalue weighted by molar-refractivity contribution is 9.10. The number of aromatic nitrogens is 1. The van der Waals surface area contributed by atoms with Crippen molar-refractivity contribution in [1.82, 2.24) is 4.98 Å². The second-order valence-corrected chi connectivity index (χ2v) is 9.93. The number of ether oxygens (including phenoxy) is 2. The molecule has 0 aliphatic heterocycles. The monoisotopic (exact) mass is 477 g/mol. The molecule has 0 atom stereocenters. The Labute approximate surface area is 186 Å². The molecule has 3 rings (SSSR count). The fourth-order valence-corrected chi connectivity index (χ4v) is 4.27. The minimum atomic E-state index is -0.661. The van der Waals surface area contributed by atoms with Gasteiger partial charge in [-0.1, -0.05) is 18.2 Å². The van der Waals surface area contributed by atoms with Crippen LogP contribution in [-0.4, -0.2) is 22.7 Å². The van der Waals surface area contributed by atoms with Crippen molar-refractivity contribution < 1.29 is 18.7 Å². The van der Waals surface area contributed by atoms with Gasteiger partial charge in [-0.15, -0.1) is 0 Å². The number of esters is 1. The van der Waals surface area contributed by atoms with Crippen LogP contribution < -0.4 is 4.74 Å². The van der Waals surface area contributed by atoms with E-state index in [-0.39, 0.29) is 23.6 Å². The number of aryl methyl sites for hydroxylation is 1. The van der Waals surface area contributed by atoms with Crippen LogP contribution in [0.5, 0.6) is 5.75 Å². The third-order valence-corrected chi connectivity index (χ3v) is 5.91. The zero-order chi connectivity index (χ0) is 21.9. The molecule has 1 fully saturated rings. The van der Waals surface area contributed by atoms with Crippen molar-refractivity contribution in [2.75, 3.05) is 0 Å². The van der Waals surface area contributed by atoms with E-state index in [4.69, 9.17) is 9.47 Å². The van der Waals surface area contributed by atoms with Gasteiger partial charge in [0.05, 0.1) is 11.5 Å². The van der Waals surface area contributed by atoms with Gasteiger partial charge in [0.15, 0.2) is 11.6 Å². The lowest BCUT2D eigenvalue weighted by Crippen LogP contribution is -2.44. The van der Waals surface area contributed by atoms with Crippen LogP contribution in [0.2, 0.25) is 0 Å². The molecule has 1 aromatic heterocycles. The molecule has 162 valence electrons. The molecular weight excluding hydrogens is 449 g/mol. The predicted molar refractivity (Wildman–Crippen MR) is 118 cm³/mol. The average Bonchev–Trinajstić information content (AvgIpc) is 2.66. The number of hydrogen-bond donors (Lipinski definition) is 0. The van der Waals surface area contributed by atoms with E-state index in [0.717, 1.165) is 10.3 Å². The molecule has 0 saturated heterocycles. The van der Waals surface area contributed by atoms with E-state index in [0.29, 0.717) is 37.7 Å². The third-order valence-electron chi connectivity index (χ3n) is 5.46. The summed E-state index contributed by atoms with van der Waals surface area (Å²) in [5.74, 6) is -0.241. The van der Waals surface area contributed by atoms with Crippen molar-refractivity contribution in [3.63, 3.8) is 0 Å². The predicted octanol–water partition coefficient (Wildman–Crippen LogP) is 6.18. The molecule has 0 radical (unpaired) electrons. The van der Waals surface area contributed by atoms with Gasteiger partial charge in [0.25, 0.3) is 0 Å². The molecule has 6 heteroatoms. The summed E-state index contributed by atoms with van der Waals surface area (Å²) in [5, 5.41) is 0. The number of pyridine rings is 1. The van der Waals surface area contributed by atoms with Crippen LogP contribution in [0.3, 0.4) is 0 Å². The van der Waals surface area contributed by atoms with Gasteiger partial charge in [0.2, 0.25) is 0 Å². The standard InChI is InChI=1S/C24H29BrFNO3/c1-16-7-5-9-19(21(16)26)29-18-11-13-24(14-12-18,22(28)30-23(2,3)4)15-17-8-6-10-20(25)27-17/h5-10,18H,11-15H2,1-4H3/t18-,24-. The van der Waals surface area contributed by atoms with E-state index < -0.39 is 11.0 Å². The van der Waals surface area contributed by atoms with E-state index >= 15 is 0 Å². The molecule has 0 amide bonds. The highest BCUT2D eigenvalue weighted by atomic mass is 79.9. The number of benzene rings is 1. The molecule has 30 heavy (non-hydrogen) atoms. The summed E-state index contributed by atoms with van der Waals surface area (Å²) in [4.78, 5) is 17.8. The van der Waals surface area contributed by atoms with Gasteiger partial charge < -0.3 is 9.47 Å². The number of carbonyl (C=O) groups excluding carboxylic acids is 1. The Morgan fingerprint density at radius 1 is 1.20 bits per heavy atom. The van der Waals surface area contributed by atoms with E-state index in [1.165, 1.54) is 0 Å². The second-order valence-electron chi connectivity index (χ2n) is 9.11. The summed E-state index contributed by atoms with van der Waals surface area (Å²) in [6, 6.07) is 10.9. The minimum Gasteiger partial charge on any atom is -0.487 e. The van der Waals surface area contributed by atoms with Crippen molar-refractivity contribution in [3.8, 4) is 5.75 Å². The van der Waals surface area contributed by atoms with Crippen LogP contribution in [0.15, 0.2) is 41.0 Å². The van der Waals surface area contributed by atoms with Gasteiger partial charge in [-0.3, -0.25) is 4.79 Å². The van der Waals surface area contributed by atoms with Crippen LogP contribution in [0.25, 0.3) is 0 Å². The summed E-state index contributed by atoms with van der Waals surface area (Å²) in [5.41, 5.74) is 0.185. The summed E-state index contributed by atoms with van der Waals surface area (Å²) >= 11 is 3.41. The molecule has 1 heterocycles. The maximum absolute atomic E-state index is 14.3. The fraction of sp³-hybridized carbons (Fsp3) is 0.500. The van der Waals surface area contributed by atoms with Crippen LogP contribution in [0, 0.1) is 18.2 Å². The van der Waals surface area contributed by atoms with Gasteiger partial charge in [-0.05, 0) is 93.1 Å². The number of nitrogens with zero attached hydrogens (tertiary/aromatic N) is 1. The molecule has 1 saturated carbocycles. The molecule has 1 aliphatic carbocycles. The molecule has 0 unspecified atom stereocenters. The smallest absolute Gasteiger partial charge is 0.312 e. The van der Waals surface area contributed by atoms with Crippen LogP contribution >= 0.6 is 15.9 Å². The lowest BCUT2D eigenvalue weighted by molar-refractivity contribution is -0.171. The highest BCUT2D eigenvalue weighted by Crippen LogP contribution is 2.42. The lowest BCUT2D eigenvalue weighted by atomic mass is 9.70. The SMILES string of the molecule is Cc1cccc(O[C@H]2CC[C@](Cc3cccc(Br)n3)(C(=O)OC(C)(C)C)CC2)c1F. The first-order chi connectivity index (χ1) is 14.1. The van der Waals surface area contributed by atoms with Gasteiger partial charge in [-0.2, -0.15) is 0 Å². The maximum atomic E-state index is 14.3. The van der Waals surface area contributed by atoms with Crippen LogP contribution in [0.4, 0.5) is 4.39 Å². The average molecular weight is 478 g/mol. The Bertz CT molecular complexity index is 902. The first-order valence-corrected chi connectivity index (χ1v) is 11.1. The molecule has 2 aromatic rings. The van der Waals surface area contributed by atoms with Crippen molar-refractivity contribution in [3.05, 3.63) is 58.1 Å². The molecule has 4 nitrogen and oxygen atoms in total. The van der Waals surface area contributed by atoms with Crippen molar-refractivity contribution in [2.45, 2.75) is 71.5 Å². The summed E-state index contributed by atoms with van der Waals surface area (Å²) < 4.78 is 26.8. The fourth-order valence-electron chi connectivity index (χ4n) is 3.89. The topological polar surface area (TPSA) is 48.4 Å². The van der Waals surface area contributed by atoms with E-state index in [1.54, 1.807) is 25.1 Å². The van der Waals surface area contributed by atoms with Crippen LogP contribution in [-0.2, 0) is 16.0 Å². The number of rotatable bonds is 5. The molecule has 0 bridgehead atoms. The van der Waals surface area contributed by atoms with E-state index in [2.05, 4.69) is 20.9 Å². The highest BCUT2D eigenvalue weighted by Gasteiger charge is 2.45. The van der Waals surface area contributed by atoms with Crippen molar-refractivity contribution in [2.24, 2.45) is 5.41 Å². The lowest BCUT2D eigenvalue weighted by Gasteiger charge is -2.39. The summed E-state index contributed by atoms with van der Waals surface area (Å²) in [6.07, 6.45) is 2.89. The number of carbonyl (C=O) groups is 1. The Morgan fingerprint density at radius 3 is 2.50 bits per heavy atom. The third kappa shape index (κ3) is 5.60. The minimum absolute atomic E-state index is 0.132. The summed E-state index contributed by atoms with van der Waals surface area (Å²) in [7, 11) is 0. The zero-order valence-electron chi connectivity index (χ0n) is 18.0. The molecule has 0 N–H and O–H groups in total. The summed E-state index contributed by atoms with van der Waals surface area (Å²) in [6.45, 7) is 7.36. The Hall–Kier alpha value is -1.95. The van der Waals surface area contributed by atoms with Crippen LogP contribution in [0.1, 0.15) is 57.7 Å². The molecule has 0 spiro atoms. The van der Waals surface area contributed by atoms with E-state index in [9.17, 15) is 9.18 Å². The quantitative estimate of drug-likeness (QED) is 0.380. The first-order valence-electron chi connectivity index (χ1n) is 10.3. The second kappa shape index (κ2) is 9.04. The maximum Gasteiger partial charge on any atom is 0.312 e. The molecule has 1 aromatic carbocycles. The molecule has 1 aliphatic rings. The molecular formula is C24H29BrFNO3.